The molecule has 0 spiro atoms. The van der Waals surface area contributed by atoms with Gasteiger partial charge in [0.1, 0.15) is 5.82 Å². The van der Waals surface area contributed by atoms with Crippen LogP contribution in [0.15, 0.2) is 12.4 Å². The number of likely N-dealkylation sites (N-methyl/N-ethyl adjacent to an activating group) is 1. The number of carbonyl (C=O) groups excluding carboxylic acids is 1. The lowest BCUT2D eigenvalue weighted by Crippen LogP contribution is -2.50. The van der Waals surface area contributed by atoms with Crippen LogP contribution in [0.1, 0.15) is 24.7 Å². The number of piperazine rings is 1. The Morgan fingerprint density at radius 3 is 2.90 bits per heavy atom. The van der Waals surface area contributed by atoms with Gasteiger partial charge in [-0.3, -0.25) is 9.69 Å². The Bertz CT molecular complexity index is 487. The summed E-state index contributed by atoms with van der Waals surface area (Å²) in [4.78, 5) is 20.9. The van der Waals surface area contributed by atoms with E-state index in [4.69, 9.17) is 0 Å². The van der Waals surface area contributed by atoms with E-state index in [2.05, 4.69) is 15.2 Å². The van der Waals surface area contributed by atoms with Crippen molar-refractivity contribution in [1.29, 1.82) is 0 Å². The predicted molar refractivity (Wildman–Crippen MR) is 83.4 cm³/mol. The molecule has 21 heavy (non-hydrogen) atoms. The fourth-order valence-electron chi connectivity index (χ4n) is 2.84. The fraction of sp³-hybridized carbons (Fsp3) is 0.714. The molecule has 1 saturated carbocycles. The van der Waals surface area contributed by atoms with Crippen molar-refractivity contribution in [1.82, 2.24) is 24.7 Å². The summed E-state index contributed by atoms with van der Waals surface area (Å²) in [6, 6.07) is 0.664. The van der Waals surface area contributed by atoms with Crippen LogP contribution in [0.5, 0.6) is 0 Å². The Morgan fingerprint density at radius 2 is 2.29 bits per heavy atom. The van der Waals surface area contributed by atoms with Crippen molar-refractivity contribution in [3.63, 3.8) is 0 Å². The zero-order chi connectivity index (χ0) is 14.1. The molecule has 1 unspecified atom stereocenters. The minimum absolute atomic E-state index is 0. The van der Waals surface area contributed by atoms with E-state index < -0.39 is 0 Å². The first-order valence-electron chi connectivity index (χ1n) is 7.34. The molecule has 118 valence electrons. The van der Waals surface area contributed by atoms with Gasteiger partial charge in [-0.2, -0.15) is 0 Å². The number of rotatable bonds is 4. The summed E-state index contributed by atoms with van der Waals surface area (Å²) in [5.41, 5.74) is 0. The number of imidazole rings is 1. The van der Waals surface area contributed by atoms with E-state index in [0.29, 0.717) is 12.6 Å². The van der Waals surface area contributed by atoms with Gasteiger partial charge in [0.2, 0.25) is 5.91 Å². The van der Waals surface area contributed by atoms with Crippen LogP contribution in [-0.4, -0.2) is 64.5 Å². The number of nitrogens with one attached hydrogen (secondary N) is 1. The second kappa shape index (κ2) is 6.77. The molecule has 0 radical (unpaired) electrons. The van der Waals surface area contributed by atoms with Crippen LogP contribution >= 0.6 is 12.4 Å². The normalized spacial score (nSPS) is 22.7. The van der Waals surface area contributed by atoms with Crippen LogP contribution < -0.4 is 5.32 Å². The van der Waals surface area contributed by atoms with Gasteiger partial charge in [0.25, 0.3) is 0 Å². The molecule has 1 aromatic heterocycles. The van der Waals surface area contributed by atoms with Gasteiger partial charge in [0, 0.05) is 52.2 Å². The van der Waals surface area contributed by atoms with Crippen molar-refractivity contribution in [2.24, 2.45) is 7.05 Å². The maximum absolute atomic E-state index is 12.3. The van der Waals surface area contributed by atoms with Gasteiger partial charge in [-0.15, -0.1) is 12.4 Å². The van der Waals surface area contributed by atoms with Crippen molar-refractivity contribution in [3.05, 3.63) is 18.2 Å². The van der Waals surface area contributed by atoms with Crippen molar-refractivity contribution in [2.75, 3.05) is 33.2 Å². The van der Waals surface area contributed by atoms with E-state index in [1.54, 1.807) is 0 Å². The number of nitrogens with zero attached hydrogens (tertiary/aromatic N) is 4. The van der Waals surface area contributed by atoms with Gasteiger partial charge >= 0.3 is 0 Å². The molecule has 3 rings (SSSR count). The molecule has 2 aliphatic rings. The van der Waals surface area contributed by atoms with Crippen LogP contribution in [0.25, 0.3) is 0 Å². The molecule has 1 amide bonds. The highest BCUT2D eigenvalue weighted by molar-refractivity contribution is 5.85. The molecule has 1 N–H and O–H groups in total. The topological polar surface area (TPSA) is 53.4 Å². The van der Waals surface area contributed by atoms with Crippen LogP contribution in [0.3, 0.4) is 0 Å². The quantitative estimate of drug-likeness (QED) is 0.875. The number of carbonyl (C=O) groups is 1. The van der Waals surface area contributed by atoms with E-state index in [1.165, 1.54) is 0 Å². The molecular weight excluding hydrogens is 290 g/mol. The number of aryl methyl sites for hydroxylation is 1. The van der Waals surface area contributed by atoms with E-state index in [1.807, 2.05) is 36.0 Å². The minimum atomic E-state index is 0. The average Bonchev–Trinajstić information content (AvgIpc) is 3.21. The highest BCUT2D eigenvalue weighted by atomic mass is 35.5. The average molecular weight is 314 g/mol. The third kappa shape index (κ3) is 3.56. The number of halogens is 1. The molecule has 0 aromatic carbocycles. The molecule has 1 saturated heterocycles. The van der Waals surface area contributed by atoms with Gasteiger partial charge < -0.3 is 14.8 Å². The third-order valence-corrected chi connectivity index (χ3v) is 4.34. The number of hydrogen-bond donors (Lipinski definition) is 1. The third-order valence-electron chi connectivity index (χ3n) is 4.34. The minimum Gasteiger partial charge on any atom is -0.342 e. The van der Waals surface area contributed by atoms with Gasteiger partial charge in [-0.1, -0.05) is 0 Å². The first-order chi connectivity index (χ1) is 9.66. The molecule has 6 nitrogen and oxygen atoms in total. The van der Waals surface area contributed by atoms with Crippen LogP contribution in [0, 0.1) is 0 Å². The lowest BCUT2D eigenvalue weighted by atomic mass is 10.1. The zero-order valence-electron chi connectivity index (χ0n) is 12.7. The summed E-state index contributed by atoms with van der Waals surface area (Å²) in [5.74, 6) is 1.26. The van der Waals surface area contributed by atoms with Crippen molar-refractivity contribution in [2.45, 2.75) is 24.9 Å². The Kier molecular flexibility index (Phi) is 5.24. The Balaban J connectivity index is 0.00000161. The molecule has 2 heterocycles. The molecule has 0 bridgehead atoms. The molecular formula is C14H24ClN5O. The van der Waals surface area contributed by atoms with Gasteiger partial charge in [-0.25, -0.2) is 4.98 Å². The van der Waals surface area contributed by atoms with Crippen molar-refractivity contribution >= 4 is 18.3 Å². The molecule has 1 aromatic rings. The second-order valence-electron chi connectivity index (χ2n) is 5.82. The van der Waals surface area contributed by atoms with Gasteiger partial charge in [0.15, 0.2) is 0 Å². The SMILES string of the molecule is CN(C(=O)CN1CCNCC1c1nccn1C)C1CC1.Cl. The van der Waals surface area contributed by atoms with Gasteiger partial charge in [-0.05, 0) is 12.8 Å². The van der Waals surface area contributed by atoms with Crippen LogP contribution in [-0.2, 0) is 11.8 Å². The first kappa shape index (κ1) is 16.3. The first-order valence-corrected chi connectivity index (χ1v) is 7.34. The Labute approximate surface area is 131 Å². The maximum Gasteiger partial charge on any atom is 0.236 e. The Morgan fingerprint density at radius 1 is 1.52 bits per heavy atom. The largest absolute Gasteiger partial charge is 0.342 e. The molecule has 1 atom stereocenters. The summed E-state index contributed by atoms with van der Waals surface area (Å²) in [7, 11) is 3.94. The zero-order valence-corrected chi connectivity index (χ0v) is 13.5. The standard InChI is InChI=1S/C14H23N5O.ClH/c1-17-7-6-16-14(17)12-9-15-5-8-19(12)10-13(20)18(2)11-3-4-11;/h6-7,11-12,15H,3-5,8-10H2,1-2H3;1H. The highest BCUT2D eigenvalue weighted by Gasteiger charge is 2.33. The molecule has 1 aliphatic carbocycles. The van der Waals surface area contributed by atoms with E-state index in [9.17, 15) is 4.79 Å². The monoisotopic (exact) mass is 313 g/mol. The predicted octanol–water partition coefficient (Wildman–Crippen LogP) is 0.409. The van der Waals surface area contributed by atoms with Gasteiger partial charge in [0.05, 0.1) is 12.6 Å². The summed E-state index contributed by atoms with van der Waals surface area (Å²) in [6.45, 7) is 3.17. The summed E-state index contributed by atoms with van der Waals surface area (Å²) in [6.07, 6.45) is 6.10. The van der Waals surface area contributed by atoms with E-state index >= 15 is 0 Å². The van der Waals surface area contributed by atoms with Crippen molar-refractivity contribution < 1.29 is 4.79 Å². The summed E-state index contributed by atoms with van der Waals surface area (Å²) in [5, 5.41) is 3.40. The van der Waals surface area contributed by atoms with Crippen molar-refractivity contribution in [3.8, 4) is 0 Å². The highest BCUT2D eigenvalue weighted by Crippen LogP contribution is 2.26. The fourth-order valence-corrected chi connectivity index (χ4v) is 2.84. The lowest BCUT2D eigenvalue weighted by molar-refractivity contribution is -0.132. The Hall–Kier alpha value is -1.11. The maximum atomic E-state index is 12.3. The van der Waals surface area contributed by atoms with E-state index in [-0.39, 0.29) is 24.4 Å². The number of amides is 1. The number of hydrogen-bond acceptors (Lipinski definition) is 4. The number of aromatic nitrogens is 2. The van der Waals surface area contributed by atoms with Crippen LogP contribution in [0.2, 0.25) is 0 Å². The molecule has 1 aliphatic heterocycles. The van der Waals surface area contributed by atoms with Crippen LogP contribution in [0.4, 0.5) is 0 Å². The molecule has 7 heteroatoms. The summed E-state index contributed by atoms with van der Waals surface area (Å²) < 4.78 is 2.04. The summed E-state index contributed by atoms with van der Waals surface area (Å²) >= 11 is 0. The lowest BCUT2D eigenvalue weighted by Gasteiger charge is -2.36. The second-order valence-corrected chi connectivity index (χ2v) is 5.82. The van der Waals surface area contributed by atoms with E-state index in [0.717, 1.165) is 38.3 Å². The molecule has 2 fully saturated rings. The smallest absolute Gasteiger partial charge is 0.236 e.